The zero-order valence-electron chi connectivity index (χ0n) is 7.88. The maximum Gasteiger partial charge on any atom is 0.211 e. The van der Waals surface area contributed by atoms with Crippen molar-refractivity contribution in [3.05, 3.63) is 29.6 Å². The van der Waals surface area contributed by atoms with Gasteiger partial charge in [0.1, 0.15) is 11.5 Å². The van der Waals surface area contributed by atoms with Crippen LogP contribution in [0.2, 0.25) is 0 Å². The van der Waals surface area contributed by atoms with Crippen molar-refractivity contribution in [2.24, 2.45) is 27.4 Å². The lowest BCUT2D eigenvalue weighted by molar-refractivity contribution is 1.19. The van der Waals surface area contributed by atoms with Gasteiger partial charge in [-0.25, -0.2) is 4.98 Å². The molecule has 0 amide bonds. The molecule has 0 bridgehead atoms. The van der Waals surface area contributed by atoms with E-state index in [1.54, 1.807) is 18.2 Å². The molecule has 0 radical (unpaired) electrons. The number of nitrogen functional groups attached to an aromatic ring is 1. The number of nitrogens with two attached hydrogens (primary N) is 3. The fourth-order valence-electron chi connectivity index (χ4n) is 0.828. The maximum atomic E-state index is 7.18. The summed E-state index contributed by atoms with van der Waals surface area (Å²) < 4.78 is 0. The monoisotopic (exact) mass is 205 g/mol. The topological polar surface area (TPSA) is 140 Å². The summed E-state index contributed by atoms with van der Waals surface area (Å²) in [6, 6.07) is 5.03. The summed E-state index contributed by atoms with van der Waals surface area (Å²) in [6.45, 7) is 0. The van der Waals surface area contributed by atoms with Crippen LogP contribution in [-0.2, 0) is 0 Å². The summed E-state index contributed by atoms with van der Waals surface area (Å²) >= 11 is 0. The van der Waals surface area contributed by atoms with Gasteiger partial charge in [-0.3, -0.25) is 5.41 Å². The normalized spacial score (nSPS) is 10.1. The lowest BCUT2D eigenvalue weighted by atomic mass is 10.3. The number of hydrogen-bond donors (Lipinski definition) is 4. The third-order valence-corrected chi connectivity index (χ3v) is 1.41. The quantitative estimate of drug-likeness (QED) is 0.284. The molecule has 7 nitrogen and oxygen atoms in total. The minimum Gasteiger partial charge on any atom is -0.382 e. The van der Waals surface area contributed by atoms with Crippen LogP contribution in [0.1, 0.15) is 11.4 Å². The fourth-order valence-corrected chi connectivity index (χ4v) is 0.828. The van der Waals surface area contributed by atoms with Crippen molar-refractivity contribution < 1.29 is 0 Å². The molecule has 0 aromatic carbocycles. The Morgan fingerprint density at radius 3 is 2.67 bits per heavy atom. The lowest BCUT2D eigenvalue weighted by Crippen LogP contribution is -2.21. The average molecular weight is 205 g/mol. The summed E-state index contributed by atoms with van der Waals surface area (Å²) in [5, 5.41) is 14.2. The van der Waals surface area contributed by atoms with Crippen LogP contribution in [0, 0.1) is 5.41 Å². The SMILES string of the molecule is N=C(N)c1cccc(C=NN=C(N)N)n1. The first-order valence-corrected chi connectivity index (χ1v) is 4.03. The summed E-state index contributed by atoms with van der Waals surface area (Å²) in [4.78, 5) is 4.02. The van der Waals surface area contributed by atoms with Gasteiger partial charge in [-0.1, -0.05) is 6.07 Å². The zero-order chi connectivity index (χ0) is 11.3. The van der Waals surface area contributed by atoms with E-state index in [-0.39, 0.29) is 11.8 Å². The van der Waals surface area contributed by atoms with E-state index in [1.165, 1.54) is 6.21 Å². The number of pyridine rings is 1. The molecular weight excluding hydrogens is 194 g/mol. The van der Waals surface area contributed by atoms with E-state index in [9.17, 15) is 0 Å². The molecule has 1 rings (SSSR count). The molecule has 78 valence electrons. The second-order valence-electron chi connectivity index (χ2n) is 2.63. The predicted molar refractivity (Wildman–Crippen MR) is 58.7 cm³/mol. The number of nitrogens with zero attached hydrogens (tertiary/aromatic N) is 3. The van der Waals surface area contributed by atoms with E-state index in [4.69, 9.17) is 22.6 Å². The van der Waals surface area contributed by atoms with Gasteiger partial charge in [0.25, 0.3) is 0 Å². The number of rotatable bonds is 3. The van der Waals surface area contributed by atoms with Gasteiger partial charge in [-0.2, -0.15) is 5.10 Å². The Hall–Kier alpha value is -2.44. The van der Waals surface area contributed by atoms with Crippen LogP contribution in [0.4, 0.5) is 0 Å². The Kier molecular flexibility index (Phi) is 3.33. The van der Waals surface area contributed by atoms with E-state index < -0.39 is 0 Å². The number of nitrogens with one attached hydrogen (secondary N) is 1. The Morgan fingerprint density at radius 2 is 2.07 bits per heavy atom. The summed E-state index contributed by atoms with van der Waals surface area (Å²) in [5.74, 6) is -0.235. The van der Waals surface area contributed by atoms with Crippen molar-refractivity contribution in [1.82, 2.24) is 4.98 Å². The molecule has 0 unspecified atom stereocenters. The molecule has 7 N–H and O–H groups in total. The highest BCUT2D eigenvalue weighted by Gasteiger charge is 1.97. The molecule has 1 aromatic heterocycles. The highest BCUT2D eigenvalue weighted by Crippen LogP contribution is 1.96. The number of guanidine groups is 1. The summed E-state index contributed by atoms with van der Waals surface area (Å²) in [6.07, 6.45) is 1.37. The van der Waals surface area contributed by atoms with E-state index in [2.05, 4.69) is 15.2 Å². The van der Waals surface area contributed by atoms with Crippen molar-refractivity contribution in [2.45, 2.75) is 0 Å². The molecule has 0 saturated carbocycles. The molecule has 0 aliphatic heterocycles. The number of aromatic nitrogens is 1. The smallest absolute Gasteiger partial charge is 0.211 e. The molecule has 0 spiro atoms. The van der Waals surface area contributed by atoms with E-state index in [0.29, 0.717) is 11.4 Å². The van der Waals surface area contributed by atoms with Crippen molar-refractivity contribution >= 4 is 18.0 Å². The maximum absolute atomic E-state index is 7.18. The second kappa shape index (κ2) is 4.70. The van der Waals surface area contributed by atoms with Gasteiger partial charge in [0.15, 0.2) is 0 Å². The second-order valence-corrected chi connectivity index (χ2v) is 2.63. The molecule has 1 heterocycles. The first-order chi connectivity index (χ1) is 7.09. The zero-order valence-corrected chi connectivity index (χ0v) is 7.88. The standard InChI is InChI=1S/C8H11N7/c9-7(10)6-3-1-2-5(14-6)4-13-15-8(11)12/h1-4H,(H3,9,10)(H4,11,12,15). The van der Waals surface area contributed by atoms with Crippen molar-refractivity contribution in [1.29, 1.82) is 5.41 Å². The number of hydrogen-bond acceptors (Lipinski definition) is 4. The van der Waals surface area contributed by atoms with Gasteiger partial charge in [0.05, 0.1) is 11.9 Å². The molecule has 15 heavy (non-hydrogen) atoms. The molecule has 1 aromatic rings. The Balaban J connectivity index is 2.87. The van der Waals surface area contributed by atoms with Gasteiger partial charge in [-0.05, 0) is 12.1 Å². The van der Waals surface area contributed by atoms with E-state index in [0.717, 1.165) is 0 Å². The summed E-state index contributed by atoms with van der Waals surface area (Å²) in [5.41, 5.74) is 16.3. The van der Waals surface area contributed by atoms with Crippen LogP contribution < -0.4 is 17.2 Å². The van der Waals surface area contributed by atoms with Gasteiger partial charge in [0, 0.05) is 0 Å². The molecule has 0 saturated heterocycles. The van der Waals surface area contributed by atoms with Gasteiger partial charge in [-0.15, -0.1) is 5.10 Å². The molecule has 0 aliphatic rings. The third-order valence-electron chi connectivity index (χ3n) is 1.41. The Labute approximate surface area is 86.2 Å². The Bertz CT molecular complexity index is 417. The minimum atomic E-state index is -0.131. The first-order valence-electron chi connectivity index (χ1n) is 4.03. The predicted octanol–water partition coefficient (Wildman–Crippen LogP) is -1.03. The fraction of sp³-hybridized carbons (Fsp3) is 0. The molecule has 0 fully saturated rings. The lowest BCUT2D eigenvalue weighted by Gasteiger charge is -1.97. The van der Waals surface area contributed by atoms with Crippen molar-refractivity contribution in [3.63, 3.8) is 0 Å². The number of amidine groups is 1. The summed E-state index contributed by atoms with van der Waals surface area (Å²) in [7, 11) is 0. The van der Waals surface area contributed by atoms with Crippen LogP contribution in [0.3, 0.4) is 0 Å². The van der Waals surface area contributed by atoms with Crippen LogP contribution in [0.5, 0.6) is 0 Å². The molecule has 7 heteroatoms. The van der Waals surface area contributed by atoms with Crippen LogP contribution in [0.15, 0.2) is 28.4 Å². The Morgan fingerprint density at radius 1 is 1.33 bits per heavy atom. The van der Waals surface area contributed by atoms with Gasteiger partial charge >= 0.3 is 0 Å². The van der Waals surface area contributed by atoms with E-state index >= 15 is 0 Å². The van der Waals surface area contributed by atoms with Crippen LogP contribution in [0.25, 0.3) is 0 Å². The van der Waals surface area contributed by atoms with Gasteiger partial charge < -0.3 is 17.2 Å². The molecular formula is C8H11N7. The van der Waals surface area contributed by atoms with Crippen molar-refractivity contribution in [2.75, 3.05) is 0 Å². The third kappa shape index (κ3) is 3.43. The molecule has 0 aliphatic carbocycles. The van der Waals surface area contributed by atoms with Crippen LogP contribution in [-0.4, -0.2) is 23.0 Å². The van der Waals surface area contributed by atoms with Crippen molar-refractivity contribution in [3.8, 4) is 0 Å². The highest BCUT2D eigenvalue weighted by atomic mass is 15.3. The highest BCUT2D eigenvalue weighted by molar-refractivity contribution is 5.93. The van der Waals surface area contributed by atoms with Crippen LogP contribution >= 0.6 is 0 Å². The minimum absolute atomic E-state index is 0.105. The molecule has 0 atom stereocenters. The van der Waals surface area contributed by atoms with Gasteiger partial charge in [0.2, 0.25) is 5.96 Å². The largest absolute Gasteiger partial charge is 0.382 e. The van der Waals surface area contributed by atoms with E-state index in [1.807, 2.05) is 0 Å². The first kappa shape index (κ1) is 10.6. The average Bonchev–Trinajstić information content (AvgIpc) is 2.17.